The molecule has 1 atom stereocenters. The minimum Gasteiger partial charge on any atom is -0.325 e. The standard InChI is InChI=1S/C23H27N3O2S2/c1-13-5-10-16-17(11-13)30-21-19(16)20(28)25-22(26-21)29-12-18(27)24-15-8-6-14(7-9-15)23(2,3)4/h6-9,13H,5,10-12H2,1-4H3,(H,24,27)(H,25,26,28). The van der Waals surface area contributed by atoms with Crippen molar-refractivity contribution in [1.29, 1.82) is 0 Å². The Morgan fingerprint density at radius 2 is 2.03 bits per heavy atom. The van der Waals surface area contributed by atoms with Gasteiger partial charge in [0.1, 0.15) is 4.83 Å². The van der Waals surface area contributed by atoms with Crippen molar-refractivity contribution in [1.82, 2.24) is 9.97 Å². The number of amides is 1. The van der Waals surface area contributed by atoms with Crippen molar-refractivity contribution in [3.05, 3.63) is 50.6 Å². The lowest BCUT2D eigenvalue weighted by Gasteiger charge is -2.19. The molecule has 0 aliphatic heterocycles. The van der Waals surface area contributed by atoms with E-state index in [4.69, 9.17) is 0 Å². The average Bonchev–Trinajstić information content (AvgIpc) is 3.04. The third-order valence-corrected chi connectivity index (χ3v) is 7.54. The fourth-order valence-corrected chi connectivity index (χ4v) is 5.88. The summed E-state index contributed by atoms with van der Waals surface area (Å²) in [7, 11) is 0. The maximum absolute atomic E-state index is 12.7. The van der Waals surface area contributed by atoms with Crippen LogP contribution in [0.4, 0.5) is 5.69 Å². The number of nitrogens with one attached hydrogen (secondary N) is 2. The topological polar surface area (TPSA) is 74.8 Å². The Kier molecular flexibility index (Phi) is 5.77. The van der Waals surface area contributed by atoms with E-state index in [9.17, 15) is 9.59 Å². The van der Waals surface area contributed by atoms with E-state index in [-0.39, 0.29) is 22.6 Å². The van der Waals surface area contributed by atoms with Crippen LogP contribution < -0.4 is 10.9 Å². The number of nitrogens with zero attached hydrogens (tertiary/aromatic N) is 1. The van der Waals surface area contributed by atoms with Gasteiger partial charge in [0.05, 0.1) is 11.1 Å². The predicted molar refractivity (Wildman–Crippen MR) is 126 cm³/mol. The monoisotopic (exact) mass is 441 g/mol. The van der Waals surface area contributed by atoms with Gasteiger partial charge in [0.2, 0.25) is 5.91 Å². The second kappa shape index (κ2) is 8.19. The van der Waals surface area contributed by atoms with Crippen molar-refractivity contribution in [2.45, 2.75) is 57.5 Å². The maximum Gasteiger partial charge on any atom is 0.260 e. The second-order valence-electron chi connectivity index (χ2n) is 9.07. The summed E-state index contributed by atoms with van der Waals surface area (Å²) in [5.41, 5.74) is 3.15. The number of hydrogen-bond donors (Lipinski definition) is 2. The molecule has 158 valence electrons. The summed E-state index contributed by atoms with van der Waals surface area (Å²) >= 11 is 2.89. The van der Waals surface area contributed by atoms with Gasteiger partial charge in [-0.2, -0.15) is 0 Å². The number of H-pyrrole nitrogens is 1. The summed E-state index contributed by atoms with van der Waals surface area (Å²) in [6, 6.07) is 7.92. The Labute approximate surface area is 184 Å². The summed E-state index contributed by atoms with van der Waals surface area (Å²) < 4.78 is 0. The molecule has 7 heteroatoms. The highest BCUT2D eigenvalue weighted by Gasteiger charge is 2.23. The number of carbonyl (C=O) groups excluding carboxylic acids is 1. The summed E-state index contributed by atoms with van der Waals surface area (Å²) in [6.45, 7) is 8.73. The fraction of sp³-hybridized carbons (Fsp3) is 0.435. The van der Waals surface area contributed by atoms with Gasteiger partial charge in [-0.15, -0.1) is 11.3 Å². The summed E-state index contributed by atoms with van der Waals surface area (Å²) in [5, 5.41) is 4.15. The van der Waals surface area contributed by atoms with Crippen LogP contribution in [0.1, 0.15) is 50.1 Å². The van der Waals surface area contributed by atoms with Crippen molar-refractivity contribution in [3.63, 3.8) is 0 Å². The van der Waals surface area contributed by atoms with E-state index < -0.39 is 0 Å². The molecule has 30 heavy (non-hydrogen) atoms. The highest BCUT2D eigenvalue weighted by molar-refractivity contribution is 7.99. The Morgan fingerprint density at radius 3 is 2.73 bits per heavy atom. The molecule has 2 N–H and O–H groups in total. The lowest BCUT2D eigenvalue weighted by molar-refractivity contribution is -0.113. The van der Waals surface area contributed by atoms with Crippen LogP contribution in [0.25, 0.3) is 10.2 Å². The third kappa shape index (κ3) is 4.47. The lowest BCUT2D eigenvalue weighted by atomic mass is 9.87. The zero-order valence-corrected chi connectivity index (χ0v) is 19.4. The Bertz CT molecular complexity index is 1140. The van der Waals surface area contributed by atoms with Gasteiger partial charge < -0.3 is 10.3 Å². The molecule has 0 spiro atoms. The molecular weight excluding hydrogens is 414 g/mol. The summed E-state index contributed by atoms with van der Waals surface area (Å²) in [4.78, 5) is 34.6. The smallest absolute Gasteiger partial charge is 0.260 e. The minimum absolute atomic E-state index is 0.0770. The van der Waals surface area contributed by atoms with Crippen LogP contribution >= 0.6 is 23.1 Å². The van der Waals surface area contributed by atoms with Crippen molar-refractivity contribution < 1.29 is 4.79 Å². The number of anilines is 1. The Morgan fingerprint density at radius 1 is 1.30 bits per heavy atom. The van der Waals surface area contributed by atoms with Gasteiger partial charge in [0, 0.05) is 10.6 Å². The van der Waals surface area contributed by atoms with E-state index in [0.717, 1.165) is 35.2 Å². The zero-order valence-electron chi connectivity index (χ0n) is 17.8. The van der Waals surface area contributed by atoms with Crippen LogP contribution in [0.5, 0.6) is 0 Å². The van der Waals surface area contributed by atoms with Crippen molar-refractivity contribution in [3.8, 4) is 0 Å². The van der Waals surface area contributed by atoms with E-state index in [1.54, 1.807) is 11.3 Å². The number of carbonyl (C=O) groups is 1. The van der Waals surface area contributed by atoms with Gasteiger partial charge in [-0.1, -0.05) is 51.6 Å². The van der Waals surface area contributed by atoms with E-state index in [2.05, 4.69) is 43.0 Å². The number of hydrogen-bond acceptors (Lipinski definition) is 5. The van der Waals surface area contributed by atoms with Crippen molar-refractivity contribution >= 4 is 44.9 Å². The molecule has 0 saturated heterocycles. The lowest BCUT2D eigenvalue weighted by Crippen LogP contribution is -2.16. The molecular formula is C23H27N3O2S2. The zero-order chi connectivity index (χ0) is 21.5. The van der Waals surface area contributed by atoms with Crippen molar-refractivity contribution in [2.24, 2.45) is 5.92 Å². The molecule has 1 amide bonds. The second-order valence-corrected chi connectivity index (χ2v) is 11.1. The average molecular weight is 442 g/mol. The van der Waals surface area contributed by atoms with E-state index in [1.807, 2.05) is 24.3 Å². The molecule has 3 aromatic rings. The SMILES string of the molecule is CC1CCc2c(sc3nc(SCC(=O)Nc4ccc(C(C)(C)C)cc4)[nH]c(=O)c23)C1. The van der Waals surface area contributed by atoms with Gasteiger partial charge >= 0.3 is 0 Å². The Hall–Kier alpha value is -2.12. The number of fused-ring (bicyclic) bond motifs is 3. The molecule has 1 unspecified atom stereocenters. The molecule has 0 fully saturated rings. The quantitative estimate of drug-likeness (QED) is 0.434. The number of thioether (sulfide) groups is 1. The van der Waals surface area contributed by atoms with E-state index in [1.165, 1.54) is 27.8 Å². The molecule has 4 rings (SSSR count). The first-order valence-corrected chi connectivity index (χ1v) is 12.1. The van der Waals surface area contributed by atoms with Gasteiger partial charge in [-0.05, 0) is 53.9 Å². The van der Waals surface area contributed by atoms with Crippen molar-refractivity contribution in [2.75, 3.05) is 11.1 Å². The number of rotatable bonds is 4. The third-order valence-electron chi connectivity index (χ3n) is 5.52. The number of aryl methyl sites for hydroxylation is 1. The predicted octanol–water partition coefficient (Wildman–Crippen LogP) is 5.14. The van der Waals surface area contributed by atoms with Gasteiger partial charge in [-0.3, -0.25) is 9.59 Å². The van der Waals surface area contributed by atoms with E-state index >= 15 is 0 Å². The first kappa shape index (κ1) is 21.1. The van der Waals surface area contributed by atoms with Crippen LogP contribution in [0.3, 0.4) is 0 Å². The molecule has 2 heterocycles. The van der Waals surface area contributed by atoms with Crippen LogP contribution in [-0.2, 0) is 23.1 Å². The molecule has 0 radical (unpaired) electrons. The van der Waals surface area contributed by atoms with Crippen LogP contribution in [0.15, 0.2) is 34.2 Å². The largest absolute Gasteiger partial charge is 0.325 e. The highest BCUT2D eigenvalue weighted by atomic mass is 32.2. The number of thiophene rings is 1. The molecule has 1 aromatic carbocycles. The molecule has 0 saturated carbocycles. The normalized spacial score (nSPS) is 16.5. The number of aromatic nitrogens is 2. The minimum atomic E-state index is -0.120. The van der Waals surface area contributed by atoms with Crippen LogP contribution in [-0.4, -0.2) is 21.6 Å². The van der Waals surface area contributed by atoms with E-state index in [0.29, 0.717) is 11.1 Å². The summed E-state index contributed by atoms with van der Waals surface area (Å²) in [6.07, 6.45) is 3.09. The number of aromatic amines is 1. The fourth-order valence-electron chi connectivity index (χ4n) is 3.78. The highest BCUT2D eigenvalue weighted by Crippen LogP contribution is 2.36. The first-order valence-electron chi connectivity index (χ1n) is 10.3. The molecule has 2 aromatic heterocycles. The first-order chi connectivity index (χ1) is 14.2. The van der Waals surface area contributed by atoms with Gasteiger partial charge in [0.25, 0.3) is 5.56 Å². The Balaban J connectivity index is 1.43. The van der Waals surface area contributed by atoms with Gasteiger partial charge in [-0.25, -0.2) is 4.98 Å². The molecule has 0 bridgehead atoms. The van der Waals surface area contributed by atoms with Gasteiger partial charge in [0.15, 0.2) is 5.16 Å². The van der Waals surface area contributed by atoms with Crippen LogP contribution in [0, 0.1) is 5.92 Å². The molecule has 1 aliphatic rings. The molecule has 1 aliphatic carbocycles. The maximum atomic E-state index is 12.7. The number of benzene rings is 1. The van der Waals surface area contributed by atoms with Crippen LogP contribution in [0.2, 0.25) is 0 Å². The molecule has 5 nitrogen and oxygen atoms in total. The summed E-state index contributed by atoms with van der Waals surface area (Å²) in [5.74, 6) is 0.725.